The number of hydrogen-bond acceptors (Lipinski definition) is 5. The van der Waals surface area contributed by atoms with Crippen LogP contribution in [0.4, 0.5) is 0 Å². The number of rotatable bonds is 12. The molecule has 5 nitrogen and oxygen atoms in total. The van der Waals surface area contributed by atoms with E-state index >= 15 is 0 Å². The summed E-state index contributed by atoms with van der Waals surface area (Å²) in [5.41, 5.74) is 0.584. The second-order valence-corrected chi connectivity index (χ2v) is 7.39. The summed E-state index contributed by atoms with van der Waals surface area (Å²) in [4.78, 5) is 2.15. The molecule has 1 aromatic rings. The first kappa shape index (κ1) is 20.8. The molecule has 0 aliphatic rings. The van der Waals surface area contributed by atoms with Gasteiger partial charge in [0, 0.05) is 19.5 Å². The Kier molecular flexibility index (Phi) is 10.5. The summed E-state index contributed by atoms with van der Waals surface area (Å²) in [6.45, 7) is 6.52. The van der Waals surface area contributed by atoms with Crippen molar-refractivity contribution in [3.63, 3.8) is 0 Å². The maximum atomic E-state index is 11.6. The Hall–Kier alpha value is -1.26. The largest absolute Gasteiger partial charge is 0.616 e. The van der Waals surface area contributed by atoms with Crippen LogP contribution in [0, 0.1) is 11.3 Å². The summed E-state index contributed by atoms with van der Waals surface area (Å²) in [5, 5.41) is 18.9. The number of ether oxygens (including phenoxy) is 1. The van der Waals surface area contributed by atoms with Crippen molar-refractivity contribution in [2.24, 2.45) is 0 Å². The van der Waals surface area contributed by atoms with Crippen LogP contribution in [-0.2, 0) is 11.2 Å². The predicted octanol–water partition coefficient (Wildman–Crippen LogP) is 2.17. The van der Waals surface area contributed by atoms with E-state index in [-0.39, 0.29) is 6.61 Å². The van der Waals surface area contributed by atoms with Gasteiger partial charge in [-0.15, -0.1) is 0 Å². The molecule has 0 saturated carbocycles. The highest BCUT2D eigenvalue weighted by Crippen LogP contribution is 2.12. The van der Waals surface area contributed by atoms with Gasteiger partial charge in [0.2, 0.25) is 0 Å². The molecule has 24 heavy (non-hydrogen) atoms. The van der Waals surface area contributed by atoms with E-state index in [1.165, 1.54) is 0 Å². The lowest BCUT2D eigenvalue weighted by Gasteiger charge is -2.23. The monoisotopic (exact) mass is 352 g/mol. The summed E-state index contributed by atoms with van der Waals surface area (Å²) < 4.78 is 17.2. The minimum absolute atomic E-state index is 0.212. The zero-order chi connectivity index (χ0) is 17.8. The van der Waals surface area contributed by atoms with Crippen molar-refractivity contribution in [3.8, 4) is 11.8 Å². The molecule has 0 aliphatic heterocycles. The van der Waals surface area contributed by atoms with Crippen LogP contribution in [0.2, 0.25) is 0 Å². The van der Waals surface area contributed by atoms with Crippen LogP contribution < -0.4 is 4.74 Å². The van der Waals surface area contributed by atoms with E-state index in [1.54, 1.807) is 24.3 Å². The zero-order valence-electron chi connectivity index (χ0n) is 14.6. The highest BCUT2D eigenvalue weighted by molar-refractivity contribution is 7.91. The first-order chi connectivity index (χ1) is 11.6. The van der Waals surface area contributed by atoms with Crippen molar-refractivity contribution in [1.29, 1.82) is 5.26 Å². The fraction of sp³-hybridized carbons (Fsp3) is 0.611. The summed E-state index contributed by atoms with van der Waals surface area (Å²) >= 11 is -0.719. The zero-order valence-corrected chi connectivity index (χ0v) is 15.4. The molecule has 6 heteroatoms. The van der Waals surface area contributed by atoms with Gasteiger partial charge in [-0.3, -0.25) is 0 Å². The molecule has 0 radical (unpaired) electrons. The quantitative estimate of drug-likeness (QED) is 0.583. The van der Waals surface area contributed by atoms with Gasteiger partial charge in [-0.2, -0.15) is 5.26 Å². The molecule has 0 heterocycles. The maximum absolute atomic E-state index is 11.6. The highest BCUT2D eigenvalue weighted by atomic mass is 32.2. The number of aliphatic hydroxyl groups is 1. The summed E-state index contributed by atoms with van der Waals surface area (Å²) in [6.07, 6.45) is 1.25. The molecule has 1 N–H and O–H groups in total. The fourth-order valence-electron chi connectivity index (χ4n) is 2.33. The number of nitriles is 1. The molecule has 0 saturated heterocycles. The molecule has 1 aromatic carbocycles. The van der Waals surface area contributed by atoms with Crippen molar-refractivity contribution < 1.29 is 14.4 Å². The van der Waals surface area contributed by atoms with Crippen LogP contribution in [0.3, 0.4) is 0 Å². The van der Waals surface area contributed by atoms with Crippen molar-refractivity contribution >= 4 is 11.2 Å². The van der Waals surface area contributed by atoms with Gasteiger partial charge in [0.25, 0.3) is 0 Å². The average Bonchev–Trinajstić information content (AvgIpc) is 2.59. The van der Waals surface area contributed by atoms with E-state index in [0.717, 1.165) is 37.4 Å². The van der Waals surface area contributed by atoms with Crippen LogP contribution in [-0.4, -0.2) is 58.4 Å². The molecule has 0 aromatic heterocycles. The van der Waals surface area contributed by atoms with Crippen molar-refractivity contribution in [2.75, 3.05) is 37.7 Å². The Balaban J connectivity index is 2.27. The predicted molar refractivity (Wildman–Crippen MR) is 97.6 cm³/mol. The topological polar surface area (TPSA) is 79.6 Å². The summed E-state index contributed by atoms with van der Waals surface area (Å²) in [7, 11) is 0. The maximum Gasteiger partial charge on any atom is 0.119 e. The van der Waals surface area contributed by atoms with E-state index < -0.39 is 17.3 Å². The normalized spacial score (nSPS) is 13.5. The molecule has 134 valence electrons. The van der Waals surface area contributed by atoms with E-state index in [1.807, 2.05) is 6.92 Å². The second kappa shape index (κ2) is 12.2. The minimum atomic E-state index is -0.719. The minimum Gasteiger partial charge on any atom is -0.616 e. The average molecular weight is 353 g/mol. The molecular formula is C18H28N2O3S. The van der Waals surface area contributed by atoms with Crippen LogP contribution in [0.1, 0.15) is 32.3 Å². The first-order valence-electron chi connectivity index (χ1n) is 8.47. The molecule has 1 rings (SSSR count). The van der Waals surface area contributed by atoms with Crippen molar-refractivity contribution in [2.45, 2.75) is 32.8 Å². The van der Waals surface area contributed by atoms with Gasteiger partial charge in [-0.1, -0.05) is 25.0 Å². The van der Waals surface area contributed by atoms with Crippen LogP contribution in [0.25, 0.3) is 0 Å². The van der Waals surface area contributed by atoms with Gasteiger partial charge in [-0.05, 0) is 37.2 Å². The van der Waals surface area contributed by atoms with Gasteiger partial charge in [0.05, 0.1) is 11.6 Å². The number of hydrogen-bond donors (Lipinski definition) is 1. The molecule has 0 bridgehead atoms. The third kappa shape index (κ3) is 8.55. The van der Waals surface area contributed by atoms with Gasteiger partial charge >= 0.3 is 0 Å². The molecule has 2 atom stereocenters. The van der Waals surface area contributed by atoms with Crippen LogP contribution >= 0.6 is 0 Å². The Bertz CT molecular complexity index is 490. The molecule has 0 spiro atoms. The Morgan fingerprint density at radius 2 is 2.00 bits per heavy atom. The second-order valence-electron chi connectivity index (χ2n) is 5.70. The van der Waals surface area contributed by atoms with E-state index in [0.29, 0.717) is 17.9 Å². The summed E-state index contributed by atoms with van der Waals surface area (Å²) in [5.74, 6) is 2.14. The SMILES string of the molecule is CCC[S+]([O-])CCCN(CC)C[C@@H](O)COc1ccc(C#N)cc1. The van der Waals surface area contributed by atoms with E-state index in [2.05, 4.69) is 17.9 Å². The molecule has 1 unspecified atom stereocenters. The number of nitrogens with zero attached hydrogens (tertiary/aromatic N) is 2. The van der Waals surface area contributed by atoms with Gasteiger partial charge < -0.3 is 19.3 Å². The number of benzene rings is 1. The number of aliphatic hydroxyl groups excluding tert-OH is 1. The number of likely N-dealkylation sites (N-methyl/N-ethyl adjacent to an activating group) is 1. The van der Waals surface area contributed by atoms with Gasteiger partial charge in [-0.25, -0.2) is 0 Å². The van der Waals surface area contributed by atoms with Crippen molar-refractivity contribution in [1.82, 2.24) is 4.90 Å². The van der Waals surface area contributed by atoms with Gasteiger partial charge in [0.1, 0.15) is 30.0 Å². The van der Waals surface area contributed by atoms with E-state index in [4.69, 9.17) is 10.00 Å². The third-order valence-electron chi connectivity index (χ3n) is 3.62. The standard InChI is InChI=1S/C18H28N2O3S/c1-3-11-24(22)12-5-10-20(4-2)14-17(21)15-23-18-8-6-16(13-19)7-9-18/h6-9,17,21H,3-5,10-12,14-15H2,1-2H3/t17-,24?/m1/s1. The van der Waals surface area contributed by atoms with Gasteiger partial charge in [0.15, 0.2) is 0 Å². The third-order valence-corrected chi connectivity index (χ3v) is 5.23. The lowest BCUT2D eigenvalue weighted by Crippen LogP contribution is -2.36. The van der Waals surface area contributed by atoms with E-state index in [9.17, 15) is 9.66 Å². The molecule has 0 fully saturated rings. The van der Waals surface area contributed by atoms with Crippen molar-refractivity contribution in [3.05, 3.63) is 29.8 Å². The smallest absolute Gasteiger partial charge is 0.119 e. The Labute approximate surface area is 148 Å². The lowest BCUT2D eigenvalue weighted by molar-refractivity contribution is 0.0700. The fourth-order valence-corrected chi connectivity index (χ4v) is 3.44. The lowest BCUT2D eigenvalue weighted by atomic mass is 10.2. The molecular weight excluding hydrogens is 324 g/mol. The summed E-state index contributed by atoms with van der Waals surface area (Å²) in [6, 6.07) is 8.89. The highest BCUT2D eigenvalue weighted by Gasteiger charge is 2.12. The Morgan fingerprint density at radius 3 is 2.58 bits per heavy atom. The first-order valence-corrected chi connectivity index (χ1v) is 9.96. The van der Waals surface area contributed by atoms with Crippen LogP contribution in [0.15, 0.2) is 24.3 Å². The molecule has 0 aliphatic carbocycles. The molecule has 0 amide bonds. The van der Waals surface area contributed by atoms with Crippen LogP contribution in [0.5, 0.6) is 5.75 Å². The Morgan fingerprint density at radius 1 is 1.29 bits per heavy atom.